The van der Waals surface area contributed by atoms with Gasteiger partial charge in [-0.05, 0) is 19.1 Å². The fraction of sp³-hybridized carbons (Fsp3) is 0.250. The number of methoxy groups -OCH3 is 1. The maximum absolute atomic E-state index is 11.7. The second-order valence-corrected chi connectivity index (χ2v) is 3.62. The Morgan fingerprint density at radius 2 is 2.19 bits per heavy atom. The highest BCUT2D eigenvalue weighted by Crippen LogP contribution is 2.25. The number of aromatic nitrogens is 1. The highest BCUT2D eigenvalue weighted by Gasteiger charge is 2.14. The standard InChI is InChI=1S/C12H14N2O2/c1-7-11(12(15)13-2)9-5-4-8(16-3)6-10(9)14-7/h4-6,14H,1-3H3,(H,13,15). The summed E-state index contributed by atoms with van der Waals surface area (Å²) in [5.41, 5.74) is 2.47. The van der Waals surface area contributed by atoms with Crippen LogP contribution in [0.1, 0.15) is 16.1 Å². The number of rotatable bonds is 2. The van der Waals surface area contributed by atoms with Crippen molar-refractivity contribution in [3.05, 3.63) is 29.5 Å². The van der Waals surface area contributed by atoms with E-state index in [2.05, 4.69) is 10.3 Å². The average molecular weight is 218 g/mol. The first-order valence-corrected chi connectivity index (χ1v) is 5.05. The molecular weight excluding hydrogens is 204 g/mol. The third-order valence-corrected chi connectivity index (χ3v) is 2.65. The van der Waals surface area contributed by atoms with Crippen LogP contribution in [0.25, 0.3) is 10.9 Å². The van der Waals surface area contributed by atoms with E-state index in [0.29, 0.717) is 5.56 Å². The topological polar surface area (TPSA) is 54.1 Å². The first-order valence-electron chi connectivity index (χ1n) is 5.05. The van der Waals surface area contributed by atoms with E-state index in [1.165, 1.54) is 0 Å². The zero-order chi connectivity index (χ0) is 11.7. The minimum absolute atomic E-state index is 0.0751. The van der Waals surface area contributed by atoms with Gasteiger partial charge in [0.05, 0.1) is 18.2 Å². The van der Waals surface area contributed by atoms with Gasteiger partial charge in [-0.15, -0.1) is 0 Å². The van der Waals surface area contributed by atoms with Gasteiger partial charge in [0.1, 0.15) is 5.75 Å². The molecule has 2 aromatic rings. The zero-order valence-electron chi connectivity index (χ0n) is 9.55. The first-order chi connectivity index (χ1) is 7.67. The maximum Gasteiger partial charge on any atom is 0.253 e. The number of carbonyl (C=O) groups excluding carboxylic acids is 1. The third kappa shape index (κ3) is 1.52. The summed E-state index contributed by atoms with van der Waals surface area (Å²) < 4.78 is 5.14. The summed E-state index contributed by atoms with van der Waals surface area (Å²) in [7, 11) is 3.25. The summed E-state index contributed by atoms with van der Waals surface area (Å²) in [6, 6.07) is 5.62. The Labute approximate surface area is 93.6 Å². The third-order valence-electron chi connectivity index (χ3n) is 2.65. The molecular formula is C12H14N2O2. The van der Waals surface area contributed by atoms with Crippen molar-refractivity contribution >= 4 is 16.8 Å². The van der Waals surface area contributed by atoms with Crippen LogP contribution < -0.4 is 10.1 Å². The summed E-state index contributed by atoms with van der Waals surface area (Å²) in [4.78, 5) is 14.9. The number of benzene rings is 1. The van der Waals surface area contributed by atoms with E-state index in [9.17, 15) is 4.79 Å². The van der Waals surface area contributed by atoms with Crippen molar-refractivity contribution in [2.75, 3.05) is 14.2 Å². The van der Waals surface area contributed by atoms with E-state index in [0.717, 1.165) is 22.3 Å². The molecule has 0 aliphatic carbocycles. The number of nitrogens with one attached hydrogen (secondary N) is 2. The Balaban J connectivity index is 2.66. The van der Waals surface area contributed by atoms with Crippen LogP contribution in [0.5, 0.6) is 5.75 Å². The van der Waals surface area contributed by atoms with Crippen LogP contribution in [0, 0.1) is 6.92 Å². The van der Waals surface area contributed by atoms with Gasteiger partial charge in [-0.25, -0.2) is 0 Å². The summed E-state index contributed by atoms with van der Waals surface area (Å²) in [5, 5.41) is 3.55. The summed E-state index contributed by atoms with van der Waals surface area (Å²) in [5.74, 6) is 0.700. The summed E-state index contributed by atoms with van der Waals surface area (Å²) >= 11 is 0. The first kappa shape index (κ1) is 10.5. The Bertz CT molecular complexity index is 543. The van der Waals surface area contributed by atoms with Gasteiger partial charge in [0.2, 0.25) is 0 Å². The van der Waals surface area contributed by atoms with E-state index in [-0.39, 0.29) is 5.91 Å². The Hall–Kier alpha value is -1.97. The molecule has 2 rings (SSSR count). The lowest BCUT2D eigenvalue weighted by Gasteiger charge is -2.00. The molecule has 0 bridgehead atoms. The summed E-state index contributed by atoms with van der Waals surface area (Å²) in [6.45, 7) is 1.89. The highest BCUT2D eigenvalue weighted by molar-refractivity contribution is 6.08. The number of ether oxygens (including phenoxy) is 1. The molecule has 0 spiro atoms. The molecule has 4 nitrogen and oxygen atoms in total. The quantitative estimate of drug-likeness (QED) is 0.808. The number of H-pyrrole nitrogens is 1. The number of hydrogen-bond acceptors (Lipinski definition) is 2. The van der Waals surface area contributed by atoms with Crippen molar-refractivity contribution < 1.29 is 9.53 Å². The van der Waals surface area contributed by atoms with Crippen molar-refractivity contribution in [1.29, 1.82) is 0 Å². The van der Waals surface area contributed by atoms with Crippen molar-refractivity contribution in [2.24, 2.45) is 0 Å². The Kier molecular flexibility index (Phi) is 2.56. The maximum atomic E-state index is 11.7. The monoisotopic (exact) mass is 218 g/mol. The lowest BCUT2D eigenvalue weighted by atomic mass is 10.1. The van der Waals surface area contributed by atoms with Crippen molar-refractivity contribution in [2.45, 2.75) is 6.92 Å². The number of amides is 1. The van der Waals surface area contributed by atoms with Crippen molar-refractivity contribution in [3.63, 3.8) is 0 Å². The van der Waals surface area contributed by atoms with E-state index < -0.39 is 0 Å². The van der Waals surface area contributed by atoms with Crippen LogP contribution in [0.4, 0.5) is 0 Å². The SMILES string of the molecule is CNC(=O)c1c(C)[nH]c2cc(OC)ccc12. The second-order valence-electron chi connectivity index (χ2n) is 3.62. The van der Waals surface area contributed by atoms with E-state index >= 15 is 0 Å². The lowest BCUT2D eigenvalue weighted by Crippen LogP contribution is -2.18. The number of carbonyl (C=O) groups is 1. The molecule has 2 N–H and O–H groups in total. The lowest BCUT2D eigenvalue weighted by molar-refractivity contribution is 0.0964. The van der Waals surface area contributed by atoms with E-state index in [1.807, 2.05) is 25.1 Å². The van der Waals surface area contributed by atoms with Gasteiger partial charge in [-0.1, -0.05) is 0 Å². The molecule has 84 valence electrons. The van der Waals surface area contributed by atoms with Gasteiger partial charge < -0.3 is 15.0 Å². The molecule has 0 aliphatic rings. The second kappa shape index (κ2) is 3.89. The molecule has 0 unspecified atom stereocenters. The van der Waals surface area contributed by atoms with Crippen molar-refractivity contribution in [3.8, 4) is 5.75 Å². The number of hydrogen-bond donors (Lipinski definition) is 2. The predicted octanol–water partition coefficient (Wildman–Crippen LogP) is 1.84. The van der Waals surface area contributed by atoms with Crippen LogP contribution in [-0.2, 0) is 0 Å². The molecule has 1 aromatic heterocycles. The van der Waals surface area contributed by atoms with Crippen molar-refractivity contribution in [1.82, 2.24) is 10.3 Å². The molecule has 0 atom stereocenters. The molecule has 0 radical (unpaired) electrons. The molecule has 16 heavy (non-hydrogen) atoms. The normalized spacial score (nSPS) is 10.4. The molecule has 1 aromatic carbocycles. The van der Waals surface area contributed by atoms with Gasteiger partial charge >= 0.3 is 0 Å². The predicted molar refractivity (Wildman–Crippen MR) is 63.0 cm³/mol. The number of aromatic amines is 1. The van der Waals surface area contributed by atoms with Gasteiger partial charge in [0, 0.05) is 24.2 Å². The van der Waals surface area contributed by atoms with Crippen LogP contribution in [0.2, 0.25) is 0 Å². The molecule has 0 fully saturated rings. The molecule has 1 heterocycles. The van der Waals surface area contributed by atoms with Crippen LogP contribution >= 0.6 is 0 Å². The minimum atomic E-state index is -0.0751. The van der Waals surface area contributed by atoms with E-state index in [1.54, 1.807) is 14.2 Å². The van der Waals surface area contributed by atoms with Crippen LogP contribution in [-0.4, -0.2) is 25.0 Å². The zero-order valence-corrected chi connectivity index (χ0v) is 9.55. The van der Waals surface area contributed by atoms with E-state index in [4.69, 9.17) is 4.74 Å². The Morgan fingerprint density at radius 1 is 1.44 bits per heavy atom. The molecule has 0 saturated heterocycles. The fourth-order valence-electron chi connectivity index (χ4n) is 1.86. The molecule has 1 amide bonds. The van der Waals surface area contributed by atoms with Crippen LogP contribution in [0.15, 0.2) is 18.2 Å². The largest absolute Gasteiger partial charge is 0.497 e. The molecule has 0 aliphatic heterocycles. The minimum Gasteiger partial charge on any atom is -0.497 e. The van der Waals surface area contributed by atoms with Gasteiger partial charge in [-0.2, -0.15) is 0 Å². The highest BCUT2D eigenvalue weighted by atomic mass is 16.5. The van der Waals surface area contributed by atoms with Gasteiger partial charge in [-0.3, -0.25) is 4.79 Å². The van der Waals surface area contributed by atoms with Gasteiger partial charge in [0.25, 0.3) is 5.91 Å². The van der Waals surface area contributed by atoms with Gasteiger partial charge in [0.15, 0.2) is 0 Å². The number of aryl methyl sites for hydroxylation is 1. The molecule has 0 saturated carbocycles. The fourth-order valence-corrected chi connectivity index (χ4v) is 1.86. The number of fused-ring (bicyclic) bond motifs is 1. The summed E-state index contributed by atoms with van der Waals surface area (Å²) in [6.07, 6.45) is 0. The Morgan fingerprint density at radius 3 is 2.81 bits per heavy atom. The van der Waals surface area contributed by atoms with Crippen LogP contribution in [0.3, 0.4) is 0 Å². The average Bonchev–Trinajstić information content (AvgIpc) is 2.62. The smallest absolute Gasteiger partial charge is 0.253 e. The molecule has 4 heteroatoms.